The van der Waals surface area contributed by atoms with Gasteiger partial charge in [-0.2, -0.15) is 0 Å². The third-order valence-corrected chi connectivity index (χ3v) is 4.19. The quantitative estimate of drug-likeness (QED) is 0.448. The number of hydrogen-bond donors (Lipinski definition) is 0. The Morgan fingerprint density at radius 3 is 2.00 bits per heavy atom. The fourth-order valence-electron chi connectivity index (χ4n) is 3.45. The summed E-state index contributed by atoms with van der Waals surface area (Å²) in [6, 6.07) is 12.2. The van der Waals surface area contributed by atoms with Gasteiger partial charge < -0.3 is 4.57 Å². The molecule has 0 N–H and O–H groups in total. The topological polar surface area (TPSA) is 17.8 Å². The summed E-state index contributed by atoms with van der Waals surface area (Å²) >= 11 is 0. The minimum absolute atomic E-state index is 0. The first-order valence-corrected chi connectivity index (χ1v) is 8.00. The first-order chi connectivity index (χ1) is 10.9. The number of hydrogen-bond acceptors (Lipinski definition) is 1. The maximum atomic E-state index is 4.68. The molecule has 0 bridgehead atoms. The van der Waals surface area contributed by atoms with E-state index in [1.807, 2.05) is 6.20 Å². The molecule has 2 nitrogen and oxygen atoms in total. The fourth-order valence-corrected chi connectivity index (χ4v) is 3.45. The van der Waals surface area contributed by atoms with Gasteiger partial charge in [-0.1, -0.05) is 31.5 Å². The third-order valence-electron chi connectivity index (χ3n) is 4.19. The molecule has 0 saturated heterocycles. The van der Waals surface area contributed by atoms with Gasteiger partial charge >= 0.3 is 0 Å². The number of imidazole rings is 1. The van der Waals surface area contributed by atoms with E-state index in [4.69, 9.17) is 0 Å². The standard InChI is InChI=1S/C21H23N2.Ir/c1-13-7-14(2)11-19(10-13)21-22-12-18(6)23(21)20-16(4)8-15(3)9-17(20)5;/h7-10,12H,1-6H3;/q-1;. The Bertz CT molecular complexity index is 848. The molecule has 2 aromatic carbocycles. The summed E-state index contributed by atoms with van der Waals surface area (Å²) in [5, 5.41) is 0. The van der Waals surface area contributed by atoms with E-state index in [0.717, 1.165) is 22.6 Å². The van der Waals surface area contributed by atoms with Crippen molar-refractivity contribution in [2.75, 3.05) is 0 Å². The van der Waals surface area contributed by atoms with Gasteiger partial charge in [0.05, 0.1) is 5.82 Å². The van der Waals surface area contributed by atoms with E-state index in [1.165, 1.54) is 27.9 Å². The van der Waals surface area contributed by atoms with Crippen LogP contribution in [-0.2, 0) is 20.1 Å². The second kappa shape index (κ2) is 7.04. The van der Waals surface area contributed by atoms with Crippen LogP contribution in [0.15, 0.2) is 30.5 Å². The number of aromatic nitrogens is 2. The molecule has 0 saturated carbocycles. The molecule has 1 aromatic heterocycles. The van der Waals surface area contributed by atoms with E-state index in [9.17, 15) is 0 Å². The predicted octanol–water partition coefficient (Wildman–Crippen LogP) is 5.19. The van der Waals surface area contributed by atoms with Gasteiger partial charge in [0, 0.05) is 37.7 Å². The van der Waals surface area contributed by atoms with Crippen LogP contribution in [0, 0.1) is 47.6 Å². The molecule has 1 heterocycles. The maximum absolute atomic E-state index is 4.68. The van der Waals surface area contributed by atoms with Gasteiger partial charge in [0.1, 0.15) is 0 Å². The number of rotatable bonds is 2. The van der Waals surface area contributed by atoms with E-state index in [1.54, 1.807) is 0 Å². The summed E-state index contributed by atoms with van der Waals surface area (Å²) in [5.74, 6) is 0.962. The van der Waals surface area contributed by atoms with Gasteiger partial charge in [0.2, 0.25) is 0 Å². The second-order valence-corrected chi connectivity index (χ2v) is 6.56. The predicted molar refractivity (Wildman–Crippen MR) is 96.3 cm³/mol. The number of nitrogens with zero attached hydrogens (tertiary/aromatic N) is 2. The van der Waals surface area contributed by atoms with Crippen molar-refractivity contribution in [3.8, 4) is 17.1 Å². The van der Waals surface area contributed by atoms with Crippen molar-refractivity contribution in [2.24, 2.45) is 0 Å². The fraction of sp³-hybridized carbons (Fsp3) is 0.286. The second-order valence-electron chi connectivity index (χ2n) is 6.56. The first kappa shape index (κ1) is 18.6. The van der Waals surface area contributed by atoms with Gasteiger partial charge in [0.15, 0.2) is 0 Å². The first-order valence-electron chi connectivity index (χ1n) is 8.00. The summed E-state index contributed by atoms with van der Waals surface area (Å²) in [6.45, 7) is 12.8. The summed E-state index contributed by atoms with van der Waals surface area (Å²) in [7, 11) is 0. The Morgan fingerprint density at radius 1 is 0.833 bits per heavy atom. The Kier molecular flexibility index (Phi) is 5.47. The van der Waals surface area contributed by atoms with E-state index in [2.05, 4.69) is 81.4 Å². The van der Waals surface area contributed by atoms with Crippen LogP contribution in [0.3, 0.4) is 0 Å². The van der Waals surface area contributed by atoms with Crippen LogP contribution in [0.1, 0.15) is 33.5 Å². The summed E-state index contributed by atoms with van der Waals surface area (Å²) in [6.07, 6.45) is 1.94. The maximum Gasteiger partial charge on any atom is 0.0605 e. The molecule has 0 spiro atoms. The van der Waals surface area contributed by atoms with Crippen molar-refractivity contribution in [1.82, 2.24) is 9.55 Å². The molecule has 0 aliphatic rings. The van der Waals surface area contributed by atoms with Crippen LogP contribution in [-0.4, -0.2) is 9.55 Å². The summed E-state index contributed by atoms with van der Waals surface area (Å²) in [4.78, 5) is 4.68. The molecular formula is C21H23IrN2-. The Labute approximate surface area is 158 Å². The van der Waals surface area contributed by atoms with Crippen molar-refractivity contribution in [1.29, 1.82) is 0 Å². The molecule has 3 heteroatoms. The zero-order chi connectivity index (χ0) is 16.7. The molecule has 0 amide bonds. The summed E-state index contributed by atoms with van der Waals surface area (Å²) in [5.41, 5.74) is 9.64. The molecule has 0 aliphatic carbocycles. The molecule has 1 radical (unpaired) electrons. The molecular weight excluding hydrogens is 472 g/mol. The minimum Gasteiger partial charge on any atom is -0.337 e. The van der Waals surface area contributed by atoms with E-state index in [0.29, 0.717) is 0 Å². The van der Waals surface area contributed by atoms with Crippen LogP contribution in [0.25, 0.3) is 17.1 Å². The van der Waals surface area contributed by atoms with Crippen molar-refractivity contribution < 1.29 is 20.1 Å². The molecule has 24 heavy (non-hydrogen) atoms. The molecule has 0 aliphatic heterocycles. The monoisotopic (exact) mass is 496 g/mol. The van der Waals surface area contributed by atoms with Gasteiger partial charge in [0.25, 0.3) is 0 Å². The average Bonchev–Trinajstić information content (AvgIpc) is 2.79. The smallest absolute Gasteiger partial charge is 0.0605 e. The third kappa shape index (κ3) is 3.38. The molecule has 0 fully saturated rings. The largest absolute Gasteiger partial charge is 0.337 e. The Morgan fingerprint density at radius 2 is 1.42 bits per heavy atom. The van der Waals surface area contributed by atoms with Gasteiger partial charge in [-0.05, 0) is 38.8 Å². The van der Waals surface area contributed by atoms with Crippen molar-refractivity contribution in [2.45, 2.75) is 41.5 Å². The van der Waals surface area contributed by atoms with E-state index < -0.39 is 0 Å². The minimum atomic E-state index is 0. The van der Waals surface area contributed by atoms with Crippen LogP contribution in [0.4, 0.5) is 0 Å². The molecule has 0 unspecified atom stereocenters. The SMILES string of the molecule is Cc1[c-]c(-c2ncc(C)n2-c2c(C)cc(C)cc2C)cc(C)c1.[Ir]. The van der Waals surface area contributed by atoms with Crippen LogP contribution >= 0.6 is 0 Å². The van der Waals surface area contributed by atoms with Crippen LogP contribution in [0.5, 0.6) is 0 Å². The average molecular weight is 496 g/mol. The van der Waals surface area contributed by atoms with Gasteiger partial charge in [-0.15, -0.1) is 34.9 Å². The van der Waals surface area contributed by atoms with Crippen LogP contribution < -0.4 is 0 Å². The molecule has 3 rings (SSSR count). The summed E-state index contributed by atoms with van der Waals surface area (Å²) < 4.78 is 2.26. The molecule has 3 aromatic rings. The zero-order valence-electron chi connectivity index (χ0n) is 15.1. The number of benzene rings is 2. The zero-order valence-corrected chi connectivity index (χ0v) is 17.5. The Balaban J connectivity index is 0.00000208. The van der Waals surface area contributed by atoms with Gasteiger partial charge in [-0.3, -0.25) is 4.98 Å². The van der Waals surface area contributed by atoms with Crippen molar-refractivity contribution in [3.63, 3.8) is 0 Å². The van der Waals surface area contributed by atoms with Crippen molar-refractivity contribution >= 4 is 0 Å². The van der Waals surface area contributed by atoms with E-state index >= 15 is 0 Å². The van der Waals surface area contributed by atoms with Crippen LogP contribution in [0.2, 0.25) is 0 Å². The molecule has 0 atom stereocenters. The van der Waals surface area contributed by atoms with E-state index in [-0.39, 0.29) is 20.1 Å². The Hall–Kier alpha value is -1.70. The van der Waals surface area contributed by atoms with Gasteiger partial charge in [-0.25, -0.2) is 0 Å². The van der Waals surface area contributed by atoms with Crippen molar-refractivity contribution in [3.05, 3.63) is 70.0 Å². The normalized spacial score (nSPS) is 10.6. The molecule has 127 valence electrons. The number of aryl methyl sites for hydroxylation is 6.